The predicted molar refractivity (Wildman–Crippen MR) is 223 cm³/mol. The summed E-state index contributed by atoms with van der Waals surface area (Å²) in [6.07, 6.45) is 11.9. The second kappa shape index (κ2) is 14.4. The number of allylic oxidation sites excluding steroid dienone is 3. The van der Waals surface area contributed by atoms with Gasteiger partial charge in [0.25, 0.3) is 5.91 Å². The van der Waals surface area contributed by atoms with E-state index in [2.05, 4.69) is 82.8 Å². The third-order valence-corrected chi connectivity index (χ3v) is 10.3. The van der Waals surface area contributed by atoms with E-state index >= 15 is 0 Å². The number of pyridine rings is 2. The van der Waals surface area contributed by atoms with Crippen LogP contribution in [0, 0.1) is 19.3 Å². The third kappa shape index (κ3) is 6.35. The topological polar surface area (TPSA) is 110 Å². The molecule has 54 heavy (non-hydrogen) atoms. The molecule has 2 N–H and O–H groups in total. The van der Waals surface area contributed by atoms with E-state index < -0.39 is 0 Å². The number of fused-ring (bicyclic) bond motifs is 6. The highest BCUT2D eigenvalue weighted by Crippen LogP contribution is 2.36. The summed E-state index contributed by atoms with van der Waals surface area (Å²) < 4.78 is 6.68. The molecule has 10 nitrogen and oxygen atoms in total. The van der Waals surface area contributed by atoms with Gasteiger partial charge in [-0.25, -0.2) is 0 Å². The number of aryl methyl sites for hydroxylation is 5. The van der Waals surface area contributed by atoms with Gasteiger partial charge >= 0.3 is 0 Å². The average molecular weight is 720 g/mol. The van der Waals surface area contributed by atoms with Crippen LogP contribution in [0.1, 0.15) is 59.2 Å². The summed E-state index contributed by atoms with van der Waals surface area (Å²) in [4.78, 5) is 24.6. The van der Waals surface area contributed by atoms with E-state index in [0.717, 1.165) is 79.6 Å². The van der Waals surface area contributed by atoms with Crippen LogP contribution >= 0.6 is 0 Å². The number of rotatable bonds is 11. The van der Waals surface area contributed by atoms with Gasteiger partial charge in [-0.1, -0.05) is 37.6 Å². The van der Waals surface area contributed by atoms with Crippen molar-refractivity contribution >= 4 is 60.9 Å². The highest BCUT2D eigenvalue weighted by molar-refractivity contribution is 6.12. The largest absolute Gasteiger partial charge is 0.386 e. The number of nitrogens with zero attached hydrogens (tertiary/aromatic N) is 7. The number of benzene rings is 2. The molecule has 0 saturated heterocycles. The highest BCUT2D eigenvalue weighted by Gasteiger charge is 2.20. The summed E-state index contributed by atoms with van der Waals surface area (Å²) in [5.41, 5.74) is 13.7. The van der Waals surface area contributed by atoms with Gasteiger partial charge in [0.1, 0.15) is 0 Å². The second-order valence-corrected chi connectivity index (χ2v) is 14.4. The maximum atomic E-state index is 13.2. The van der Waals surface area contributed by atoms with Crippen LogP contribution in [0.4, 0.5) is 0 Å². The van der Waals surface area contributed by atoms with E-state index in [9.17, 15) is 4.79 Å². The zero-order chi connectivity index (χ0) is 38.4. The molecule has 0 spiro atoms. The molecule has 0 fully saturated rings. The number of aromatic nitrogens is 6. The Balaban J connectivity index is 1.37. The van der Waals surface area contributed by atoms with Gasteiger partial charge in [-0.3, -0.25) is 19.4 Å². The molecule has 5 heterocycles. The lowest BCUT2D eigenvalue weighted by Gasteiger charge is -2.13. The van der Waals surface area contributed by atoms with Gasteiger partial charge in [-0.2, -0.15) is 5.10 Å². The van der Waals surface area contributed by atoms with Crippen molar-refractivity contribution in [3.8, 4) is 11.4 Å². The van der Waals surface area contributed by atoms with E-state index in [1.165, 1.54) is 22.0 Å². The minimum Gasteiger partial charge on any atom is -0.386 e. The highest BCUT2D eigenvalue weighted by atomic mass is 16.2. The Hall–Kier alpha value is -6.03. The maximum Gasteiger partial charge on any atom is 0.253 e. The molecule has 0 saturated carbocycles. The lowest BCUT2D eigenvalue weighted by atomic mass is 10.0. The molecule has 10 heteroatoms. The Morgan fingerprint density at radius 2 is 1.44 bits per heavy atom. The minimum absolute atomic E-state index is 0.0245. The fourth-order valence-corrected chi connectivity index (χ4v) is 7.88. The molecule has 1 amide bonds. The number of hydrogen-bond donors (Lipinski definition) is 2. The first-order valence-corrected chi connectivity index (χ1v) is 18.6. The van der Waals surface area contributed by atoms with Crippen LogP contribution in [0.2, 0.25) is 0 Å². The lowest BCUT2D eigenvalue weighted by molar-refractivity contribution is 0.0827. The Labute approximate surface area is 316 Å². The third-order valence-electron chi connectivity index (χ3n) is 10.3. The molecule has 276 valence electrons. The molecule has 0 unspecified atom stereocenters. The van der Waals surface area contributed by atoms with Crippen LogP contribution in [-0.2, 0) is 33.0 Å². The van der Waals surface area contributed by atoms with Crippen LogP contribution in [0.15, 0.2) is 73.1 Å². The Bertz CT molecular complexity index is 2680. The number of amides is 1. The number of carbonyl (C=O) groups excluding carboxylic acids is 1. The van der Waals surface area contributed by atoms with Gasteiger partial charge < -0.3 is 24.8 Å². The van der Waals surface area contributed by atoms with Gasteiger partial charge in [0.2, 0.25) is 0 Å². The van der Waals surface area contributed by atoms with Crippen molar-refractivity contribution in [2.24, 2.45) is 7.05 Å². The summed E-state index contributed by atoms with van der Waals surface area (Å²) >= 11 is 0. The normalized spacial score (nSPS) is 12.3. The second-order valence-electron chi connectivity index (χ2n) is 14.4. The van der Waals surface area contributed by atoms with Crippen molar-refractivity contribution in [1.29, 1.82) is 5.41 Å². The molecule has 0 aliphatic heterocycles. The Morgan fingerprint density at radius 1 is 0.833 bits per heavy atom. The molecule has 2 aromatic carbocycles. The minimum atomic E-state index is -0.0245. The van der Waals surface area contributed by atoms with Crippen LogP contribution in [-0.4, -0.2) is 66.5 Å². The molecule has 7 rings (SSSR count). The molecule has 5 aromatic heterocycles. The first kappa shape index (κ1) is 36.3. The zero-order valence-electron chi connectivity index (χ0n) is 32.8. The Morgan fingerprint density at radius 3 is 2.02 bits per heavy atom. The van der Waals surface area contributed by atoms with E-state index in [1.54, 1.807) is 32.0 Å². The summed E-state index contributed by atoms with van der Waals surface area (Å²) in [7, 11) is 7.39. The summed E-state index contributed by atoms with van der Waals surface area (Å²) in [6.45, 7) is 11.6. The molecule has 0 aliphatic carbocycles. The molecular weight excluding hydrogens is 671 g/mol. The van der Waals surface area contributed by atoms with Crippen LogP contribution in [0.3, 0.4) is 0 Å². The van der Waals surface area contributed by atoms with Gasteiger partial charge in [0.15, 0.2) is 0 Å². The van der Waals surface area contributed by atoms with Crippen molar-refractivity contribution in [1.82, 2.24) is 39.1 Å². The van der Waals surface area contributed by atoms with E-state index in [-0.39, 0.29) is 5.91 Å². The van der Waals surface area contributed by atoms with Gasteiger partial charge in [0, 0.05) is 86.5 Å². The maximum absolute atomic E-state index is 13.2. The standard InChI is InChI=1S/C44H49N9O/c1-10-29-16-26(3)17-32-34-25-48-38(41-19-28(5)49-51(41)9)23-40(34)53(42(29)32)15-13-12-14-52-39-22-37(36(46-6)18-27(4)45)47-24-35(39)33-21-31(44(54)50(7)8)20-30(11-2)43(33)52/h12-13,16-25,45-46H,10-11,14-15H2,1-9H3/b13-12+,36-18-,45-27?. The monoisotopic (exact) mass is 719 g/mol. The molecule has 0 aliphatic rings. The first-order valence-electron chi connectivity index (χ1n) is 18.6. The summed E-state index contributed by atoms with van der Waals surface area (Å²) in [6, 6.07) is 15.0. The van der Waals surface area contributed by atoms with Gasteiger partial charge in [-0.05, 0) is 87.2 Å². The van der Waals surface area contributed by atoms with Crippen LogP contribution in [0.5, 0.6) is 0 Å². The fourth-order valence-electron chi connectivity index (χ4n) is 7.88. The van der Waals surface area contributed by atoms with Crippen molar-refractivity contribution < 1.29 is 4.79 Å². The quantitative estimate of drug-likeness (QED) is 0.103. The number of nitrogens with one attached hydrogen (secondary N) is 2. The molecule has 0 radical (unpaired) electrons. The average Bonchev–Trinajstić information content (AvgIpc) is 3.78. The smallest absolute Gasteiger partial charge is 0.253 e. The summed E-state index contributed by atoms with van der Waals surface area (Å²) in [5.74, 6) is -0.0245. The van der Waals surface area contributed by atoms with Crippen molar-refractivity contribution in [3.05, 3.63) is 107 Å². The van der Waals surface area contributed by atoms with Crippen molar-refractivity contribution in [2.45, 2.75) is 60.5 Å². The Kier molecular flexibility index (Phi) is 9.70. The number of carbonyl (C=O) groups is 1. The lowest BCUT2D eigenvalue weighted by Crippen LogP contribution is -2.21. The molecule has 0 atom stereocenters. The van der Waals surface area contributed by atoms with E-state index in [4.69, 9.17) is 15.4 Å². The SMILES string of the molecule is CCc1cc(C(=O)N(C)C)cc2c3cnc(/C(=C/C(C)=N)NC)cc3n(C/C=C/Cn3c4cc(-c5cc(C)nn5C)ncc4c4cc(C)cc(CC)c43)c12. The van der Waals surface area contributed by atoms with Crippen molar-refractivity contribution in [3.63, 3.8) is 0 Å². The molecular formula is C44H49N9O. The van der Waals surface area contributed by atoms with E-state index in [0.29, 0.717) is 24.4 Å². The number of hydrogen-bond acceptors (Lipinski definition) is 6. The van der Waals surface area contributed by atoms with Crippen LogP contribution < -0.4 is 5.32 Å². The summed E-state index contributed by atoms with van der Waals surface area (Å²) in [5, 5.41) is 20.3. The fraction of sp³-hybridized carbons (Fsp3) is 0.295. The molecule has 7 aromatic rings. The van der Waals surface area contributed by atoms with Gasteiger partial charge in [0.05, 0.1) is 50.5 Å². The molecule has 0 bridgehead atoms. The van der Waals surface area contributed by atoms with E-state index in [1.807, 2.05) is 50.2 Å². The first-order chi connectivity index (χ1) is 25.9. The predicted octanol–water partition coefficient (Wildman–Crippen LogP) is 8.39. The zero-order valence-corrected chi connectivity index (χ0v) is 32.8. The van der Waals surface area contributed by atoms with Gasteiger partial charge in [-0.15, -0.1) is 0 Å². The van der Waals surface area contributed by atoms with Crippen LogP contribution in [0.25, 0.3) is 60.7 Å². The van der Waals surface area contributed by atoms with Crippen molar-refractivity contribution in [2.75, 3.05) is 21.1 Å².